The largest absolute Gasteiger partial charge is 0.496 e. The maximum atomic E-state index is 12.5. The quantitative estimate of drug-likeness (QED) is 0.882. The van der Waals surface area contributed by atoms with Gasteiger partial charge in [0.2, 0.25) is 0 Å². The molecule has 116 valence electrons. The molecule has 0 saturated heterocycles. The average molecular weight is 321 g/mol. The van der Waals surface area contributed by atoms with Gasteiger partial charge in [0.15, 0.2) is 0 Å². The van der Waals surface area contributed by atoms with E-state index in [0.717, 1.165) is 6.07 Å². The minimum atomic E-state index is -3.89. The highest BCUT2D eigenvalue weighted by Crippen LogP contribution is 2.27. The Morgan fingerprint density at radius 3 is 2.36 bits per heavy atom. The van der Waals surface area contributed by atoms with Gasteiger partial charge in [-0.3, -0.25) is 4.72 Å². The lowest BCUT2D eigenvalue weighted by atomic mass is 10.1. The Morgan fingerprint density at radius 1 is 1.18 bits per heavy atom. The van der Waals surface area contributed by atoms with E-state index >= 15 is 0 Å². The van der Waals surface area contributed by atoms with Crippen molar-refractivity contribution in [2.75, 3.05) is 11.8 Å². The van der Waals surface area contributed by atoms with Crippen molar-refractivity contribution in [3.8, 4) is 5.75 Å². The van der Waals surface area contributed by atoms with Gasteiger partial charge in [-0.2, -0.15) is 0 Å². The predicted octanol–water partition coefficient (Wildman–Crippen LogP) is 2.50. The number of sulfonamides is 1. The summed E-state index contributed by atoms with van der Waals surface area (Å²) in [5.74, 6) is -1.14. The van der Waals surface area contributed by atoms with Crippen LogP contribution in [0.25, 0.3) is 0 Å². The van der Waals surface area contributed by atoms with Gasteiger partial charge in [-0.05, 0) is 36.8 Å². The van der Waals surface area contributed by atoms with Crippen LogP contribution in [-0.2, 0) is 10.0 Å². The number of anilines is 1. The van der Waals surface area contributed by atoms with Crippen molar-refractivity contribution >= 4 is 21.7 Å². The molecule has 0 amide bonds. The van der Waals surface area contributed by atoms with Gasteiger partial charge < -0.3 is 9.84 Å². The number of para-hydroxylation sites is 1. The molecule has 2 rings (SSSR count). The molecule has 0 aliphatic heterocycles. The third kappa shape index (κ3) is 3.20. The van der Waals surface area contributed by atoms with Crippen LogP contribution in [0.15, 0.2) is 47.4 Å². The fourth-order valence-electron chi connectivity index (χ4n) is 2.00. The maximum Gasteiger partial charge on any atom is 0.339 e. The lowest BCUT2D eigenvalue weighted by molar-refractivity contribution is 0.0693. The van der Waals surface area contributed by atoms with E-state index in [4.69, 9.17) is 4.74 Å². The van der Waals surface area contributed by atoms with Crippen LogP contribution in [0.4, 0.5) is 5.69 Å². The summed E-state index contributed by atoms with van der Waals surface area (Å²) in [4.78, 5) is 11.1. The second-order valence-corrected chi connectivity index (χ2v) is 6.25. The zero-order valence-corrected chi connectivity index (χ0v) is 12.8. The van der Waals surface area contributed by atoms with Gasteiger partial charge in [-0.25, -0.2) is 13.2 Å². The van der Waals surface area contributed by atoms with E-state index in [1.807, 2.05) is 0 Å². The van der Waals surface area contributed by atoms with Crippen LogP contribution in [0, 0.1) is 6.92 Å². The van der Waals surface area contributed by atoms with Crippen LogP contribution in [0.2, 0.25) is 0 Å². The van der Waals surface area contributed by atoms with Crippen LogP contribution in [0.5, 0.6) is 5.75 Å². The number of methoxy groups -OCH3 is 1. The Morgan fingerprint density at radius 2 is 1.82 bits per heavy atom. The van der Waals surface area contributed by atoms with Crippen molar-refractivity contribution in [3.63, 3.8) is 0 Å². The second-order valence-electron chi connectivity index (χ2n) is 4.59. The molecule has 0 radical (unpaired) electrons. The van der Waals surface area contributed by atoms with E-state index in [1.54, 1.807) is 37.3 Å². The Labute approximate surface area is 128 Å². The van der Waals surface area contributed by atoms with Gasteiger partial charge in [0, 0.05) is 5.69 Å². The molecule has 6 nitrogen and oxygen atoms in total. The van der Waals surface area contributed by atoms with E-state index in [2.05, 4.69) is 4.72 Å². The molecule has 0 aliphatic rings. The highest BCUT2D eigenvalue weighted by molar-refractivity contribution is 7.92. The minimum absolute atomic E-state index is 0.102. The number of rotatable bonds is 5. The Hall–Kier alpha value is -2.54. The molecule has 2 aromatic rings. The molecule has 2 aromatic carbocycles. The molecule has 0 bridgehead atoms. The summed E-state index contributed by atoms with van der Waals surface area (Å²) in [6, 6.07) is 10.9. The average Bonchev–Trinajstić information content (AvgIpc) is 2.46. The molecule has 22 heavy (non-hydrogen) atoms. The molecule has 0 spiro atoms. The molecule has 0 aromatic heterocycles. The summed E-state index contributed by atoms with van der Waals surface area (Å²) in [6.45, 7) is 1.58. The van der Waals surface area contributed by atoms with Crippen molar-refractivity contribution in [2.45, 2.75) is 11.8 Å². The van der Waals surface area contributed by atoms with Crippen molar-refractivity contribution in [3.05, 3.63) is 53.6 Å². The van der Waals surface area contributed by atoms with Crippen molar-refractivity contribution in [2.24, 2.45) is 0 Å². The molecule has 0 atom stereocenters. The van der Waals surface area contributed by atoms with Crippen molar-refractivity contribution in [1.29, 1.82) is 0 Å². The third-order valence-corrected chi connectivity index (χ3v) is 4.57. The zero-order valence-electron chi connectivity index (χ0n) is 12.0. The van der Waals surface area contributed by atoms with E-state index in [1.165, 1.54) is 13.2 Å². The van der Waals surface area contributed by atoms with Crippen LogP contribution < -0.4 is 9.46 Å². The Kier molecular flexibility index (Phi) is 4.37. The molecule has 0 heterocycles. The summed E-state index contributed by atoms with van der Waals surface area (Å²) < 4.78 is 32.3. The second kappa shape index (κ2) is 6.07. The lowest BCUT2D eigenvalue weighted by Crippen LogP contribution is -2.15. The minimum Gasteiger partial charge on any atom is -0.496 e. The zero-order chi connectivity index (χ0) is 16.3. The van der Waals surface area contributed by atoms with E-state index in [9.17, 15) is 18.3 Å². The van der Waals surface area contributed by atoms with Gasteiger partial charge in [0.25, 0.3) is 10.0 Å². The van der Waals surface area contributed by atoms with Gasteiger partial charge >= 0.3 is 5.97 Å². The van der Waals surface area contributed by atoms with Gasteiger partial charge in [-0.1, -0.05) is 18.2 Å². The summed E-state index contributed by atoms with van der Waals surface area (Å²) in [6.07, 6.45) is 0. The van der Waals surface area contributed by atoms with Gasteiger partial charge in [0.05, 0.1) is 12.0 Å². The van der Waals surface area contributed by atoms with E-state index < -0.39 is 16.0 Å². The van der Waals surface area contributed by atoms with Crippen molar-refractivity contribution < 1.29 is 23.1 Å². The standard InChI is InChI=1S/C15H15NO5S/c1-10-8-13(21-2)12(15(17)18)9-14(10)22(19,20)16-11-6-4-3-5-7-11/h3-9,16H,1-2H3,(H,17,18). The first kappa shape index (κ1) is 15.8. The molecule has 0 saturated carbocycles. The molecule has 2 N–H and O–H groups in total. The Balaban J connectivity index is 2.51. The van der Waals surface area contributed by atoms with Crippen LogP contribution in [-0.4, -0.2) is 26.6 Å². The molecule has 7 heteroatoms. The van der Waals surface area contributed by atoms with Crippen LogP contribution in [0.1, 0.15) is 15.9 Å². The van der Waals surface area contributed by atoms with Gasteiger partial charge in [-0.15, -0.1) is 0 Å². The summed E-state index contributed by atoms with van der Waals surface area (Å²) in [5.41, 5.74) is 0.585. The number of carboxylic acid groups (broad SMARTS) is 1. The fourth-order valence-corrected chi connectivity index (χ4v) is 3.32. The predicted molar refractivity (Wildman–Crippen MR) is 81.9 cm³/mol. The highest BCUT2D eigenvalue weighted by Gasteiger charge is 2.22. The van der Waals surface area contributed by atoms with Gasteiger partial charge in [0.1, 0.15) is 11.3 Å². The van der Waals surface area contributed by atoms with Crippen LogP contribution >= 0.6 is 0 Å². The highest BCUT2D eigenvalue weighted by atomic mass is 32.2. The topological polar surface area (TPSA) is 92.7 Å². The number of ether oxygens (including phenoxy) is 1. The smallest absolute Gasteiger partial charge is 0.339 e. The van der Waals surface area contributed by atoms with E-state index in [-0.39, 0.29) is 16.2 Å². The molecule has 0 fully saturated rings. The molecule has 0 aliphatic carbocycles. The first-order valence-corrected chi connectivity index (χ1v) is 7.83. The molecular formula is C15H15NO5S. The number of carboxylic acids is 1. The number of carbonyl (C=O) groups is 1. The normalized spacial score (nSPS) is 11.0. The van der Waals surface area contributed by atoms with E-state index in [0.29, 0.717) is 11.3 Å². The molecular weight excluding hydrogens is 306 g/mol. The summed E-state index contributed by atoms with van der Waals surface area (Å²) in [5, 5.41) is 9.17. The monoisotopic (exact) mass is 321 g/mol. The first-order valence-electron chi connectivity index (χ1n) is 6.35. The summed E-state index contributed by atoms with van der Waals surface area (Å²) >= 11 is 0. The van der Waals surface area contributed by atoms with Crippen LogP contribution in [0.3, 0.4) is 0 Å². The SMILES string of the molecule is COc1cc(C)c(S(=O)(=O)Nc2ccccc2)cc1C(=O)O. The Bertz CT molecular complexity index is 800. The maximum absolute atomic E-state index is 12.5. The summed E-state index contributed by atoms with van der Waals surface area (Å²) in [7, 11) is -2.56. The lowest BCUT2D eigenvalue weighted by Gasteiger charge is -2.13. The number of aromatic carboxylic acids is 1. The molecule has 0 unspecified atom stereocenters. The number of benzene rings is 2. The number of aryl methyl sites for hydroxylation is 1. The number of hydrogen-bond acceptors (Lipinski definition) is 4. The van der Waals surface area contributed by atoms with Crippen molar-refractivity contribution in [1.82, 2.24) is 0 Å². The third-order valence-electron chi connectivity index (χ3n) is 3.04. The first-order chi connectivity index (χ1) is 10.3. The number of hydrogen-bond donors (Lipinski definition) is 2. The number of nitrogens with one attached hydrogen (secondary N) is 1. The fraction of sp³-hybridized carbons (Fsp3) is 0.133.